The van der Waals surface area contributed by atoms with Gasteiger partial charge in [-0.2, -0.15) is 0 Å². The topological polar surface area (TPSA) is 52.8 Å². The summed E-state index contributed by atoms with van der Waals surface area (Å²) in [7, 11) is 0.291. The van der Waals surface area contributed by atoms with Gasteiger partial charge in [0.1, 0.15) is 0 Å². The van der Waals surface area contributed by atoms with Crippen molar-refractivity contribution in [3.63, 3.8) is 0 Å². The van der Waals surface area contributed by atoms with E-state index >= 15 is 0 Å². The maximum atomic E-state index is 8.60. The molecule has 10 heavy (non-hydrogen) atoms. The van der Waals surface area contributed by atoms with Crippen LogP contribution in [-0.4, -0.2) is 29.9 Å². The Morgan fingerprint density at radius 2 is 1.90 bits per heavy atom. The van der Waals surface area contributed by atoms with Gasteiger partial charge < -0.3 is 10.0 Å². The average molecular weight is 141 g/mol. The van der Waals surface area contributed by atoms with Crippen molar-refractivity contribution in [2.45, 2.75) is 13.8 Å². The van der Waals surface area contributed by atoms with Crippen molar-refractivity contribution >= 4 is 12.8 Å². The van der Waals surface area contributed by atoms with Gasteiger partial charge in [-0.1, -0.05) is 0 Å². The maximum Gasteiger partial charge on any atom is 0.483 e. The van der Waals surface area contributed by atoms with Gasteiger partial charge in [-0.15, -0.1) is 0 Å². The average Bonchev–Trinajstić information content (AvgIpc) is 1.87. The van der Waals surface area contributed by atoms with Crippen molar-refractivity contribution in [1.82, 2.24) is 0 Å². The Morgan fingerprint density at radius 3 is 2.20 bits per heavy atom. The van der Waals surface area contributed by atoms with Gasteiger partial charge in [0.15, 0.2) is 0 Å². The zero-order valence-corrected chi connectivity index (χ0v) is 6.50. The molecule has 0 aromatic rings. The van der Waals surface area contributed by atoms with E-state index in [0.717, 1.165) is 5.71 Å². The van der Waals surface area contributed by atoms with E-state index in [2.05, 4.69) is 4.99 Å². The lowest BCUT2D eigenvalue weighted by molar-refractivity contribution is 0.419. The minimum atomic E-state index is -1.36. The quantitative estimate of drug-likeness (QED) is 0.421. The van der Waals surface area contributed by atoms with Crippen molar-refractivity contribution in [2.24, 2.45) is 4.99 Å². The van der Waals surface area contributed by atoms with E-state index in [-0.39, 0.29) is 0 Å². The number of aliphatic imine (C=N–C) groups is 1. The molecular formula is C6H12BNO2. The summed E-state index contributed by atoms with van der Waals surface area (Å²) in [6.07, 6.45) is 1.63. The fourth-order valence-corrected chi connectivity index (χ4v) is 0.469. The van der Waals surface area contributed by atoms with Crippen LogP contribution in [0.15, 0.2) is 16.5 Å². The van der Waals surface area contributed by atoms with Gasteiger partial charge in [0.25, 0.3) is 0 Å². The Bertz CT molecular complexity index is 163. The lowest BCUT2D eigenvalue weighted by Gasteiger charge is -1.96. The Hall–Kier alpha value is -0.605. The minimum absolute atomic E-state index is 0.503. The van der Waals surface area contributed by atoms with Crippen molar-refractivity contribution < 1.29 is 10.0 Å². The molecule has 0 saturated heterocycles. The third-order valence-electron chi connectivity index (χ3n) is 1.20. The molecule has 4 heteroatoms. The van der Waals surface area contributed by atoms with Crippen molar-refractivity contribution in [2.75, 3.05) is 7.05 Å². The molecule has 0 aromatic carbocycles. The highest BCUT2D eigenvalue weighted by Crippen LogP contribution is 1.94. The Labute approximate surface area is 61.3 Å². The molecule has 0 saturated carbocycles. The highest BCUT2D eigenvalue weighted by molar-refractivity contribution is 6.51. The Balaban J connectivity index is 4.17. The fourth-order valence-electron chi connectivity index (χ4n) is 0.469. The fraction of sp³-hybridized carbons (Fsp3) is 0.500. The summed E-state index contributed by atoms with van der Waals surface area (Å²) in [5, 5.41) is 17.2. The maximum absolute atomic E-state index is 8.60. The summed E-state index contributed by atoms with van der Waals surface area (Å²) in [5.41, 5.74) is 1.29. The zero-order valence-electron chi connectivity index (χ0n) is 6.50. The molecule has 0 amide bonds. The summed E-state index contributed by atoms with van der Waals surface area (Å²) >= 11 is 0. The molecule has 0 radical (unpaired) electrons. The zero-order chi connectivity index (χ0) is 8.15. The van der Waals surface area contributed by atoms with Crippen molar-refractivity contribution in [1.29, 1.82) is 0 Å². The molecule has 2 N–H and O–H groups in total. The largest absolute Gasteiger partial charge is 0.483 e. The Kier molecular flexibility index (Phi) is 3.99. The Morgan fingerprint density at radius 1 is 1.40 bits per heavy atom. The van der Waals surface area contributed by atoms with E-state index < -0.39 is 7.12 Å². The summed E-state index contributed by atoms with van der Waals surface area (Å²) in [6, 6.07) is 0. The predicted molar refractivity (Wildman–Crippen MR) is 43.0 cm³/mol. The van der Waals surface area contributed by atoms with E-state index in [9.17, 15) is 0 Å². The predicted octanol–water partition coefficient (Wildman–Crippen LogP) is 0.0354. The monoisotopic (exact) mass is 141 g/mol. The van der Waals surface area contributed by atoms with Gasteiger partial charge in [0, 0.05) is 12.8 Å². The van der Waals surface area contributed by atoms with E-state index in [1.165, 1.54) is 0 Å². The molecule has 0 heterocycles. The van der Waals surface area contributed by atoms with Gasteiger partial charge in [0.05, 0.1) is 0 Å². The number of allylic oxidation sites excluding steroid dienone is 2. The minimum Gasteiger partial charge on any atom is -0.423 e. The summed E-state index contributed by atoms with van der Waals surface area (Å²) in [5.74, 6) is 0. The molecule has 0 aliphatic heterocycles. The molecule has 0 atom stereocenters. The molecular weight excluding hydrogens is 129 g/mol. The first kappa shape index (κ1) is 9.39. The van der Waals surface area contributed by atoms with E-state index in [4.69, 9.17) is 10.0 Å². The first-order valence-electron chi connectivity index (χ1n) is 3.05. The first-order valence-corrected chi connectivity index (χ1v) is 3.05. The second-order valence-corrected chi connectivity index (χ2v) is 2.13. The molecule has 3 nitrogen and oxygen atoms in total. The van der Waals surface area contributed by atoms with Gasteiger partial charge in [-0.3, -0.25) is 4.99 Å². The van der Waals surface area contributed by atoms with Crippen LogP contribution in [0.5, 0.6) is 0 Å². The van der Waals surface area contributed by atoms with Crippen LogP contribution in [0.25, 0.3) is 0 Å². The van der Waals surface area contributed by atoms with Crippen LogP contribution in [0, 0.1) is 0 Å². The molecule has 0 bridgehead atoms. The lowest BCUT2D eigenvalue weighted by atomic mass is 9.80. The van der Waals surface area contributed by atoms with Gasteiger partial charge in [-0.05, 0) is 25.4 Å². The third-order valence-corrected chi connectivity index (χ3v) is 1.20. The van der Waals surface area contributed by atoms with Crippen LogP contribution in [-0.2, 0) is 0 Å². The molecule has 0 spiro atoms. The van der Waals surface area contributed by atoms with Gasteiger partial charge in [-0.25, -0.2) is 0 Å². The number of nitrogens with zero attached hydrogens (tertiary/aromatic N) is 1. The summed E-state index contributed by atoms with van der Waals surface area (Å²) in [6.45, 7) is 3.44. The number of hydrogen-bond acceptors (Lipinski definition) is 3. The summed E-state index contributed by atoms with van der Waals surface area (Å²) in [4.78, 5) is 3.83. The van der Waals surface area contributed by atoms with E-state index in [1.54, 1.807) is 27.0 Å². The van der Waals surface area contributed by atoms with Crippen molar-refractivity contribution in [3.05, 3.63) is 11.5 Å². The normalized spacial score (nSPS) is 13.7. The van der Waals surface area contributed by atoms with Gasteiger partial charge >= 0.3 is 7.12 Å². The smallest absolute Gasteiger partial charge is 0.423 e. The van der Waals surface area contributed by atoms with Crippen LogP contribution in [0.4, 0.5) is 0 Å². The highest BCUT2D eigenvalue weighted by Gasteiger charge is 2.08. The van der Waals surface area contributed by atoms with E-state index in [0.29, 0.717) is 5.47 Å². The number of rotatable bonds is 2. The lowest BCUT2D eigenvalue weighted by Crippen LogP contribution is -2.13. The molecule has 56 valence electrons. The van der Waals surface area contributed by atoms with Crippen molar-refractivity contribution in [3.8, 4) is 0 Å². The molecule has 0 aliphatic carbocycles. The number of hydrogen-bond donors (Lipinski definition) is 2. The molecule has 0 aliphatic rings. The van der Waals surface area contributed by atoms with E-state index in [1.807, 2.05) is 0 Å². The van der Waals surface area contributed by atoms with Crippen LogP contribution < -0.4 is 0 Å². The van der Waals surface area contributed by atoms with Gasteiger partial charge in [0.2, 0.25) is 0 Å². The molecule has 0 fully saturated rings. The highest BCUT2D eigenvalue weighted by atomic mass is 16.4. The third kappa shape index (κ3) is 3.43. The van der Waals surface area contributed by atoms with Crippen LogP contribution in [0.3, 0.4) is 0 Å². The molecule has 0 unspecified atom stereocenters. The molecule has 0 aromatic heterocycles. The van der Waals surface area contributed by atoms with Crippen LogP contribution >= 0.6 is 0 Å². The summed E-state index contributed by atoms with van der Waals surface area (Å²) < 4.78 is 0. The second kappa shape index (κ2) is 4.25. The molecule has 0 rings (SSSR count). The van der Waals surface area contributed by atoms with Crippen LogP contribution in [0.1, 0.15) is 13.8 Å². The second-order valence-electron chi connectivity index (χ2n) is 2.13. The first-order chi connectivity index (χ1) is 4.57. The standard InChI is InChI=1S/C6H12BNO2/c1-5(7(9)10)4-6(2)8-3/h4,9-10H,1-3H3/b5-4+,8-6?. The SMILES string of the molecule is CN=C(C)/C=C(\C)B(O)O. The van der Waals surface area contributed by atoms with Crippen LogP contribution in [0.2, 0.25) is 0 Å².